The van der Waals surface area contributed by atoms with Gasteiger partial charge in [0.05, 0.1) is 17.5 Å². The first-order chi connectivity index (χ1) is 6.25. The monoisotopic (exact) mass is 247 g/mol. The first kappa shape index (κ1) is 13.7. The van der Waals surface area contributed by atoms with Gasteiger partial charge in [-0.2, -0.15) is 0 Å². The third-order valence-electron chi connectivity index (χ3n) is 1.78. The molecule has 0 spiro atoms. The topological polar surface area (TPSA) is 71.8 Å². The van der Waals surface area contributed by atoms with Gasteiger partial charge in [-0.15, -0.1) is 24.8 Å². The zero-order valence-corrected chi connectivity index (χ0v) is 9.40. The number of rotatable bonds is 2. The molecule has 1 aromatic heterocycles. The molecule has 4 nitrogen and oxygen atoms in total. The van der Waals surface area contributed by atoms with Crippen molar-refractivity contribution in [2.24, 2.45) is 5.73 Å². The molecule has 3 N–H and O–H groups in total. The maximum atomic E-state index is 10.6. The van der Waals surface area contributed by atoms with Crippen molar-refractivity contribution in [1.82, 2.24) is 9.97 Å². The fraction of sp³-hybridized carbons (Fsp3) is 0.111. The Kier molecular flexibility index (Phi) is 5.11. The van der Waals surface area contributed by atoms with Gasteiger partial charge in [0, 0.05) is 0 Å². The van der Waals surface area contributed by atoms with E-state index in [1.807, 2.05) is 24.3 Å². The Morgan fingerprint density at radius 2 is 2.00 bits per heavy atom. The highest BCUT2D eigenvalue weighted by atomic mass is 35.5. The Hall–Kier alpha value is -1.26. The molecule has 0 aliphatic heterocycles. The Morgan fingerprint density at radius 3 is 2.60 bits per heavy atom. The number of aromatic nitrogens is 2. The molecule has 0 radical (unpaired) electrons. The molecule has 15 heavy (non-hydrogen) atoms. The average Bonchev–Trinajstić information content (AvgIpc) is 2.44. The molecule has 1 aromatic carbocycles. The van der Waals surface area contributed by atoms with Gasteiger partial charge < -0.3 is 10.7 Å². The number of amides is 1. The van der Waals surface area contributed by atoms with E-state index >= 15 is 0 Å². The lowest BCUT2D eigenvalue weighted by atomic mass is 10.3. The number of benzene rings is 1. The smallest absolute Gasteiger partial charge is 0.225 e. The molecule has 0 saturated carbocycles. The number of nitrogens with one attached hydrogen (secondary N) is 1. The predicted octanol–water partition coefficient (Wildman–Crippen LogP) is 1.43. The fourth-order valence-electron chi connectivity index (χ4n) is 1.25. The Morgan fingerprint density at radius 1 is 1.33 bits per heavy atom. The summed E-state index contributed by atoms with van der Waals surface area (Å²) < 4.78 is 0. The largest absolute Gasteiger partial charge is 0.369 e. The van der Waals surface area contributed by atoms with E-state index in [4.69, 9.17) is 5.73 Å². The number of fused-ring (bicyclic) bond motifs is 1. The molecule has 0 unspecified atom stereocenters. The lowest BCUT2D eigenvalue weighted by Crippen LogP contribution is -2.14. The van der Waals surface area contributed by atoms with Gasteiger partial charge in [0.2, 0.25) is 5.91 Å². The second-order valence-electron chi connectivity index (χ2n) is 2.84. The van der Waals surface area contributed by atoms with Gasteiger partial charge in [0.25, 0.3) is 0 Å². The summed E-state index contributed by atoms with van der Waals surface area (Å²) in [4.78, 5) is 17.8. The number of H-pyrrole nitrogens is 1. The van der Waals surface area contributed by atoms with Crippen LogP contribution in [0.5, 0.6) is 0 Å². The second kappa shape index (κ2) is 5.58. The van der Waals surface area contributed by atoms with Crippen molar-refractivity contribution in [3.63, 3.8) is 0 Å². The number of carbonyl (C=O) groups excluding carboxylic acids is 1. The number of para-hydroxylation sites is 2. The third-order valence-corrected chi connectivity index (χ3v) is 1.78. The van der Waals surface area contributed by atoms with Crippen molar-refractivity contribution in [3.8, 4) is 0 Å². The molecule has 2 aromatic rings. The number of aromatic amines is 1. The molecule has 0 aliphatic carbocycles. The first-order valence-corrected chi connectivity index (χ1v) is 3.97. The maximum absolute atomic E-state index is 10.6. The molecular formula is C9H11Cl2N3O. The second-order valence-corrected chi connectivity index (χ2v) is 2.84. The van der Waals surface area contributed by atoms with E-state index in [0.29, 0.717) is 5.82 Å². The highest BCUT2D eigenvalue weighted by Gasteiger charge is 2.03. The quantitative estimate of drug-likeness (QED) is 0.843. The number of nitrogens with two attached hydrogens (primary N) is 1. The highest BCUT2D eigenvalue weighted by Crippen LogP contribution is 2.09. The van der Waals surface area contributed by atoms with Crippen molar-refractivity contribution in [1.29, 1.82) is 0 Å². The van der Waals surface area contributed by atoms with Gasteiger partial charge in [0.15, 0.2) is 0 Å². The number of carbonyl (C=O) groups is 1. The lowest BCUT2D eigenvalue weighted by Gasteiger charge is -1.87. The molecule has 0 fully saturated rings. The van der Waals surface area contributed by atoms with Crippen LogP contribution in [0.3, 0.4) is 0 Å². The van der Waals surface area contributed by atoms with Crippen LogP contribution in [0.15, 0.2) is 24.3 Å². The number of nitrogens with zero attached hydrogens (tertiary/aromatic N) is 1. The van der Waals surface area contributed by atoms with Gasteiger partial charge >= 0.3 is 0 Å². The molecule has 2 rings (SSSR count). The number of hydrogen-bond donors (Lipinski definition) is 2. The minimum atomic E-state index is -0.376. The minimum absolute atomic E-state index is 0. The first-order valence-electron chi connectivity index (χ1n) is 3.97. The number of halogens is 2. The minimum Gasteiger partial charge on any atom is -0.369 e. The van der Waals surface area contributed by atoms with E-state index < -0.39 is 0 Å². The van der Waals surface area contributed by atoms with E-state index in [9.17, 15) is 4.79 Å². The third kappa shape index (κ3) is 3.11. The Balaban J connectivity index is 0.000000980. The summed E-state index contributed by atoms with van der Waals surface area (Å²) in [5.74, 6) is 0.243. The van der Waals surface area contributed by atoms with Crippen LogP contribution in [-0.2, 0) is 11.2 Å². The summed E-state index contributed by atoms with van der Waals surface area (Å²) in [6.07, 6.45) is 0.161. The molecule has 0 aliphatic rings. The van der Waals surface area contributed by atoms with E-state index in [0.717, 1.165) is 11.0 Å². The van der Waals surface area contributed by atoms with Gasteiger partial charge in [-0.25, -0.2) is 4.98 Å². The van der Waals surface area contributed by atoms with Crippen molar-refractivity contribution in [3.05, 3.63) is 30.1 Å². The van der Waals surface area contributed by atoms with Crippen LogP contribution >= 0.6 is 24.8 Å². The summed E-state index contributed by atoms with van der Waals surface area (Å²) in [5.41, 5.74) is 6.84. The zero-order valence-electron chi connectivity index (χ0n) is 7.77. The van der Waals surface area contributed by atoms with Crippen LogP contribution in [-0.4, -0.2) is 15.9 Å². The molecule has 6 heteroatoms. The molecule has 1 amide bonds. The van der Waals surface area contributed by atoms with Crippen LogP contribution in [0.25, 0.3) is 11.0 Å². The number of primary amides is 1. The van der Waals surface area contributed by atoms with Gasteiger partial charge in [0.1, 0.15) is 5.82 Å². The molecule has 0 bridgehead atoms. The van der Waals surface area contributed by atoms with Crippen LogP contribution in [0.1, 0.15) is 5.82 Å². The highest BCUT2D eigenvalue weighted by molar-refractivity contribution is 5.85. The zero-order chi connectivity index (χ0) is 9.26. The summed E-state index contributed by atoms with van der Waals surface area (Å²) in [7, 11) is 0. The maximum Gasteiger partial charge on any atom is 0.225 e. The van der Waals surface area contributed by atoms with E-state index in [1.165, 1.54) is 0 Å². The molecule has 0 atom stereocenters. The average molecular weight is 248 g/mol. The molecule has 82 valence electrons. The van der Waals surface area contributed by atoms with Crippen LogP contribution in [0.4, 0.5) is 0 Å². The Bertz CT molecular complexity index is 422. The van der Waals surface area contributed by atoms with E-state index in [1.54, 1.807) is 0 Å². The molecular weight excluding hydrogens is 237 g/mol. The summed E-state index contributed by atoms with van der Waals surface area (Å²) in [6, 6.07) is 7.61. The van der Waals surface area contributed by atoms with Crippen molar-refractivity contribution in [2.45, 2.75) is 6.42 Å². The van der Waals surface area contributed by atoms with Crippen molar-refractivity contribution < 1.29 is 4.79 Å². The predicted molar refractivity (Wildman–Crippen MR) is 63.5 cm³/mol. The summed E-state index contributed by atoms with van der Waals surface area (Å²) in [6.45, 7) is 0. The van der Waals surface area contributed by atoms with Crippen molar-refractivity contribution in [2.75, 3.05) is 0 Å². The summed E-state index contributed by atoms with van der Waals surface area (Å²) in [5, 5.41) is 0. The van der Waals surface area contributed by atoms with Gasteiger partial charge in [-0.05, 0) is 12.1 Å². The standard InChI is InChI=1S/C9H9N3O.2ClH/c10-8(13)5-9-11-6-3-1-2-4-7(6)12-9;;/h1-4H,5H2,(H2,10,13)(H,11,12);2*1H. The Labute approximate surface area is 99.1 Å². The van der Waals surface area contributed by atoms with Crippen molar-refractivity contribution >= 4 is 41.8 Å². The van der Waals surface area contributed by atoms with Crippen LogP contribution in [0.2, 0.25) is 0 Å². The van der Waals surface area contributed by atoms with E-state index in [-0.39, 0.29) is 37.1 Å². The van der Waals surface area contributed by atoms with Crippen LogP contribution in [0, 0.1) is 0 Å². The van der Waals surface area contributed by atoms with Gasteiger partial charge in [-0.3, -0.25) is 4.79 Å². The van der Waals surface area contributed by atoms with Crippen LogP contribution < -0.4 is 5.73 Å². The number of hydrogen-bond acceptors (Lipinski definition) is 2. The lowest BCUT2D eigenvalue weighted by molar-refractivity contribution is -0.117. The normalized spacial score (nSPS) is 9.07. The molecule has 0 saturated heterocycles. The summed E-state index contributed by atoms with van der Waals surface area (Å²) >= 11 is 0. The fourth-order valence-corrected chi connectivity index (χ4v) is 1.25. The number of imidazole rings is 1. The van der Waals surface area contributed by atoms with E-state index in [2.05, 4.69) is 9.97 Å². The van der Waals surface area contributed by atoms with Gasteiger partial charge in [-0.1, -0.05) is 12.1 Å². The molecule has 1 heterocycles. The SMILES string of the molecule is Cl.Cl.NC(=O)Cc1nc2ccccc2[nH]1.